The lowest BCUT2D eigenvalue weighted by molar-refractivity contribution is 0.00913. The summed E-state index contributed by atoms with van der Waals surface area (Å²) in [5, 5.41) is 17.2. The van der Waals surface area contributed by atoms with Gasteiger partial charge in [-0.1, -0.05) is 0 Å². The van der Waals surface area contributed by atoms with Crippen molar-refractivity contribution in [1.82, 2.24) is 34.5 Å². The molecule has 0 aromatic carbocycles. The summed E-state index contributed by atoms with van der Waals surface area (Å²) in [7, 11) is 4.19. The third-order valence-electron chi connectivity index (χ3n) is 5.77. The van der Waals surface area contributed by atoms with Gasteiger partial charge in [0.1, 0.15) is 5.82 Å². The molecule has 9 nitrogen and oxygen atoms in total. The fraction of sp³-hybridized carbons (Fsp3) is 0.556. The van der Waals surface area contributed by atoms with Crippen LogP contribution in [0.3, 0.4) is 0 Å². The first kappa shape index (κ1) is 16.6. The van der Waals surface area contributed by atoms with Gasteiger partial charge in [0.2, 0.25) is 0 Å². The summed E-state index contributed by atoms with van der Waals surface area (Å²) in [5.41, 5.74) is 3.32. The normalized spacial score (nSPS) is 20.3. The maximum Gasteiger partial charge on any atom is 0.178 e. The second kappa shape index (κ2) is 6.28. The molecule has 2 aliphatic rings. The minimum absolute atomic E-state index is 0.107. The summed E-state index contributed by atoms with van der Waals surface area (Å²) in [6.45, 7) is 5.49. The van der Waals surface area contributed by atoms with Crippen LogP contribution in [-0.2, 0) is 18.2 Å². The number of aryl methyl sites for hydroxylation is 2. The molecule has 0 aliphatic carbocycles. The number of rotatable bonds is 4. The highest BCUT2D eigenvalue weighted by Crippen LogP contribution is 2.29. The van der Waals surface area contributed by atoms with E-state index in [4.69, 9.17) is 4.74 Å². The Hall–Kier alpha value is -2.52. The number of nitrogens with zero attached hydrogens (tertiary/aromatic N) is 8. The highest BCUT2D eigenvalue weighted by Gasteiger charge is 2.34. The first-order valence-electron chi connectivity index (χ1n) is 9.37. The standard InChI is InChI=1S/C18H24N8O/c1-12-20-21-17-4-5-18(22-26(12)17)25-9-13(10-25)23(2)11-16-14-8-19-24(3)15(14)6-7-27-16/h4-5,8,13,16H,6-7,9-11H2,1-3H3. The fourth-order valence-corrected chi connectivity index (χ4v) is 3.98. The molecular formula is C18H24N8O. The number of hydrogen-bond acceptors (Lipinski definition) is 7. The average Bonchev–Trinajstić information content (AvgIpc) is 3.18. The van der Waals surface area contributed by atoms with Gasteiger partial charge in [-0.15, -0.1) is 15.3 Å². The van der Waals surface area contributed by atoms with Crippen LogP contribution in [0.5, 0.6) is 0 Å². The van der Waals surface area contributed by atoms with Crippen LogP contribution >= 0.6 is 0 Å². The van der Waals surface area contributed by atoms with Crippen LogP contribution in [-0.4, -0.2) is 73.8 Å². The molecular weight excluding hydrogens is 344 g/mol. The molecule has 0 amide bonds. The molecule has 0 N–H and O–H groups in total. The van der Waals surface area contributed by atoms with Crippen LogP contribution in [0.15, 0.2) is 18.3 Å². The molecule has 5 heterocycles. The number of ether oxygens (including phenoxy) is 1. The molecule has 2 aliphatic heterocycles. The second-order valence-electron chi connectivity index (χ2n) is 7.49. The molecule has 0 bridgehead atoms. The van der Waals surface area contributed by atoms with Crippen molar-refractivity contribution >= 4 is 11.5 Å². The zero-order valence-corrected chi connectivity index (χ0v) is 15.9. The van der Waals surface area contributed by atoms with E-state index < -0.39 is 0 Å². The third-order valence-corrected chi connectivity index (χ3v) is 5.77. The lowest BCUT2D eigenvalue weighted by atomic mass is 10.0. The van der Waals surface area contributed by atoms with Gasteiger partial charge in [0.05, 0.1) is 18.9 Å². The maximum absolute atomic E-state index is 6.03. The van der Waals surface area contributed by atoms with E-state index >= 15 is 0 Å². The van der Waals surface area contributed by atoms with Crippen molar-refractivity contribution in [3.05, 3.63) is 35.4 Å². The summed E-state index contributed by atoms with van der Waals surface area (Å²) in [6.07, 6.45) is 3.01. The van der Waals surface area contributed by atoms with E-state index in [1.165, 1.54) is 11.3 Å². The van der Waals surface area contributed by atoms with Gasteiger partial charge in [-0.25, -0.2) is 0 Å². The van der Waals surface area contributed by atoms with Crippen LogP contribution < -0.4 is 4.90 Å². The van der Waals surface area contributed by atoms with Crippen LogP contribution in [0.4, 0.5) is 5.82 Å². The lowest BCUT2D eigenvalue weighted by Crippen LogP contribution is -2.59. The van der Waals surface area contributed by atoms with Gasteiger partial charge >= 0.3 is 0 Å². The molecule has 3 aromatic heterocycles. The third kappa shape index (κ3) is 2.78. The maximum atomic E-state index is 6.03. The van der Waals surface area contributed by atoms with Gasteiger partial charge in [-0.3, -0.25) is 9.58 Å². The summed E-state index contributed by atoms with van der Waals surface area (Å²) in [4.78, 5) is 4.68. The van der Waals surface area contributed by atoms with Crippen molar-refractivity contribution in [3.8, 4) is 0 Å². The van der Waals surface area contributed by atoms with E-state index in [9.17, 15) is 0 Å². The first-order chi connectivity index (χ1) is 13.1. The number of fused-ring (bicyclic) bond motifs is 2. The van der Waals surface area contributed by atoms with Crippen LogP contribution in [0, 0.1) is 6.92 Å². The molecule has 9 heteroatoms. The van der Waals surface area contributed by atoms with Crippen molar-refractivity contribution in [2.75, 3.05) is 38.2 Å². The monoisotopic (exact) mass is 368 g/mol. The van der Waals surface area contributed by atoms with Gasteiger partial charge in [0.25, 0.3) is 0 Å². The number of aromatic nitrogens is 6. The molecule has 3 aromatic rings. The molecule has 5 rings (SSSR count). The quantitative estimate of drug-likeness (QED) is 0.667. The van der Waals surface area contributed by atoms with Crippen molar-refractivity contribution in [2.45, 2.75) is 25.5 Å². The highest BCUT2D eigenvalue weighted by molar-refractivity contribution is 5.47. The summed E-state index contributed by atoms with van der Waals surface area (Å²) in [6, 6.07) is 4.49. The Bertz CT molecular complexity index is 973. The van der Waals surface area contributed by atoms with Crippen LogP contribution in [0.25, 0.3) is 5.65 Å². The fourth-order valence-electron chi connectivity index (χ4n) is 3.98. The topological polar surface area (TPSA) is 76.6 Å². The number of hydrogen-bond donors (Lipinski definition) is 0. The van der Waals surface area contributed by atoms with Crippen LogP contribution in [0.1, 0.15) is 23.2 Å². The van der Waals surface area contributed by atoms with E-state index in [-0.39, 0.29) is 6.10 Å². The van der Waals surface area contributed by atoms with Crippen molar-refractivity contribution < 1.29 is 4.74 Å². The van der Waals surface area contributed by atoms with E-state index in [1.54, 1.807) is 4.52 Å². The Morgan fingerprint density at radius 1 is 1.26 bits per heavy atom. The van der Waals surface area contributed by atoms with Gasteiger partial charge in [-0.05, 0) is 26.1 Å². The smallest absolute Gasteiger partial charge is 0.178 e. The molecule has 1 unspecified atom stereocenters. The minimum atomic E-state index is 0.107. The molecule has 1 saturated heterocycles. The largest absolute Gasteiger partial charge is 0.372 e. The average molecular weight is 368 g/mol. The van der Waals surface area contributed by atoms with Crippen molar-refractivity contribution in [2.24, 2.45) is 7.05 Å². The predicted molar refractivity (Wildman–Crippen MR) is 99.8 cm³/mol. The first-order valence-corrected chi connectivity index (χ1v) is 9.37. The summed E-state index contributed by atoms with van der Waals surface area (Å²) < 4.78 is 9.81. The highest BCUT2D eigenvalue weighted by atomic mass is 16.5. The Labute approximate surface area is 157 Å². The Kier molecular flexibility index (Phi) is 3.87. The zero-order chi connectivity index (χ0) is 18.5. The van der Waals surface area contributed by atoms with E-state index in [0.29, 0.717) is 6.04 Å². The van der Waals surface area contributed by atoms with Crippen LogP contribution in [0.2, 0.25) is 0 Å². The zero-order valence-electron chi connectivity index (χ0n) is 15.9. The van der Waals surface area contributed by atoms with Gasteiger partial charge in [-0.2, -0.15) is 9.61 Å². The Morgan fingerprint density at radius 2 is 2.11 bits per heavy atom. The lowest BCUT2D eigenvalue weighted by Gasteiger charge is -2.45. The summed E-state index contributed by atoms with van der Waals surface area (Å²) >= 11 is 0. The van der Waals surface area contributed by atoms with E-state index in [1.807, 2.05) is 37.0 Å². The summed E-state index contributed by atoms with van der Waals surface area (Å²) in [5.74, 6) is 1.78. The Balaban J connectivity index is 1.23. The van der Waals surface area contributed by atoms with E-state index in [0.717, 1.165) is 50.0 Å². The number of anilines is 1. The van der Waals surface area contributed by atoms with Gasteiger partial charge < -0.3 is 9.64 Å². The van der Waals surface area contributed by atoms with Gasteiger partial charge in [0, 0.05) is 50.4 Å². The molecule has 0 radical (unpaired) electrons. The molecule has 0 spiro atoms. The van der Waals surface area contributed by atoms with E-state index in [2.05, 4.69) is 37.2 Å². The SMILES string of the molecule is Cc1nnc2ccc(N3CC(N(C)CC4OCCc5c4cnn5C)C3)nn12. The predicted octanol–water partition coefficient (Wildman–Crippen LogP) is 0.601. The molecule has 27 heavy (non-hydrogen) atoms. The second-order valence-corrected chi connectivity index (χ2v) is 7.49. The minimum Gasteiger partial charge on any atom is -0.372 e. The molecule has 1 atom stereocenters. The molecule has 142 valence electrons. The molecule has 0 saturated carbocycles. The number of likely N-dealkylation sites (N-methyl/N-ethyl adjacent to an activating group) is 1. The van der Waals surface area contributed by atoms with Gasteiger partial charge in [0.15, 0.2) is 11.5 Å². The van der Waals surface area contributed by atoms with Crippen molar-refractivity contribution in [3.63, 3.8) is 0 Å². The van der Waals surface area contributed by atoms with Crippen molar-refractivity contribution in [1.29, 1.82) is 0 Å². The Morgan fingerprint density at radius 3 is 2.96 bits per heavy atom. The molecule has 1 fully saturated rings.